The van der Waals surface area contributed by atoms with E-state index in [9.17, 15) is 4.79 Å². The highest BCUT2D eigenvalue weighted by Crippen LogP contribution is 2.75. The Hall–Kier alpha value is -0.630. The van der Waals surface area contributed by atoms with Crippen molar-refractivity contribution in [3.05, 3.63) is 12.2 Å². The molecule has 4 aliphatic rings. The second kappa shape index (κ2) is 7.94. The van der Waals surface area contributed by atoms with Crippen LogP contribution in [0, 0.1) is 44.8 Å². The normalized spacial score (nSPS) is 50.6. The molecule has 33 heavy (non-hydrogen) atoms. The third-order valence-corrected chi connectivity index (χ3v) is 12.6. The van der Waals surface area contributed by atoms with Crippen LogP contribution in [0.25, 0.3) is 0 Å². The molecule has 0 radical (unpaired) electrons. The van der Waals surface area contributed by atoms with Crippen LogP contribution in [-0.4, -0.2) is 18.5 Å². The van der Waals surface area contributed by atoms with E-state index < -0.39 is 0 Å². The Kier molecular flexibility index (Phi) is 6.13. The minimum atomic E-state index is -0.177. The fourth-order valence-electron chi connectivity index (χ4n) is 9.88. The number of allylic oxidation sites excluding steroid dienone is 1. The number of methoxy groups -OCH3 is 1. The van der Waals surface area contributed by atoms with Gasteiger partial charge in [-0.2, -0.15) is 0 Å². The van der Waals surface area contributed by atoms with Crippen molar-refractivity contribution in [2.45, 2.75) is 125 Å². The Morgan fingerprint density at radius 3 is 2.30 bits per heavy atom. The van der Waals surface area contributed by atoms with Crippen LogP contribution in [0.15, 0.2) is 12.2 Å². The number of ketones is 1. The maximum atomic E-state index is 12.7. The summed E-state index contributed by atoms with van der Waals surface area (Å²) >= 11 is 0. The molecular weight excluding hydrogens is 404 g/mol. The molecule has 0 aromatic carbocycles. The van der Waals surface area contributed by atoms with Crippen molar-refractivity contribution in [3.8, 4) is 0 Å². The van der Waals surface area contributed by atoms with Crippen molar-refractivity contribution < 1.29 is 9.53 Å². The summed E-state index contributed by atoms with van der Waals surface area (Å²) in [4.78, 5) is 12.7. The Morgan fingerprint density at radius 1 is 0.939 bits per heavy atom. The lowest BCUT2D eigenvalue weighted by Crippen LogP contribution is -2.64. The predicted octanol–water partition coefficient (Wildman–Crippen LogP) is 8.39. The van der Waals surface area contributed by atoms with Gasteiger partial charge < -0.3 is 4.74 Å². The molecule has 4 fully saturated rings. The summed E-state index contributed by atoms with van der Waals surface area (Å²) in [5.74, 6) is 2.29. The van der Waals surface area contributed by atoms with Gasteiger partial charge in [-0.3, -0.25) is 4.79 Å². The first-order chi connectivity index (χ1) is 15.1. The zero-order valence-corrected chi connectivity index (χ0v) is 23.3. The van der Waals surface area contributed by atoms with Crippen LogP contribution in [0.5, 0.6) is 0 Å². The number of carbonyl (C=O) groups is 1. The van der Waals surface area contributed by atoms with Crippen molar-refractivity contribution in [2.24, 2.45) is 44.8 Å². The summed E-state index contributed by atoms with van der Waals surface area (Å²) in [7, 11) is 1.80. The molecule has 0 aromatic rings. The molecule has 188 valence electrons. The van der Waals surface area contributed by atoms with Crippen molar-refractivity contribution in [2.75, 3.05) is 7.11 Å². The van der Waals surface area contributed by atoms with Gasteiger partial charge in [-0.1, -0.05) is 53.7 Å². The molecule has 0 spiro atoms. The van der Waals surface area contributed by atoms with E-state index in [1.54, 1.807) is 7.11 Å². The quantitative estimate of drug-likeness (QED) is 0.397. The lowest BCUT2D eigenvalue weighted by molar-refractivity contribution is -0.225. The van der Waals surface area contributed by atoms with E-state index in [0.29, 0.717) is 33.4 Å². The van der Waals surface area contributed by atoms with Crippen molar-refractivity contribution in [3.63, 3.8) is 0 Å². The molecule has 0 amide bonds. The van der Waals surface area contributed by atoms with Gasteiger partial charge in [-0.25, -0.2) is 0 Å². The monoisotopic (exact) mass is 456 g/mol. The van der Waals surface area contributed by atoms with Crippen molar-refractivity contribution >= 4 is 5.78 Å². The molecule has 0 bridgehead atoms. The number of hydrogen-bond donors (Lipinski definition) is 0. The largest absolute Gasteiger partial charge is 0.375 e. The van der Waals surface area contributed by atoms with Crippen LogP contribution in [0.4, 0.5) is 0 Å². The van der Waals surface area contributed by atoms with Gasteiger partial charge in [0.1, 0.15) is 5.78 Å². The summed E-state index contributed by atoms with van der Waals surface area (Å²) < 4.78 is 5.61. The number of hydrogen-bond acceptors (Lipinski definition) is 2. The highest BCUT2D eigenvalue weighted by Gasteiger charge is 2.67. The highest BCUT2D eigenvalue weighted by molar-refractivity contribution is 5.82. The lowest BCUT2D eigenvalue weighted by atomic mass is 9.33. The molecule has 4 aliphatic carbocycles. The number of fused-ring (bicyclic) bond motifs is 5. The van der Waals surface area contributed by atoms with E-state index in [2.05, 4.69) is 67.5 Å². The summed E-state index contributed by atoms with van der Waals surface area (Å²) in [5.41, 5.74) is 1.65. The first-order valence-corrected chi connectivity index (χ1v) is 13.9. The van der Waals surface area contributed by atoms with E-state index in [4.69, 9.17) is 4.74 Å². The SMILES string of the molecule is COC(C)(C)C=CCC1(C)CCC2(C)C3CCC4(C)C(C)C(=O)CCC4C3(C)CCC2(C)C1. The van der Waals surface area contributed by atoms with Crippen LogP contribution < -0.4 is 0 Å². The average Bonchev–Trinajstić information content (AvgIpc) is 2.73. The topological polar surface area (TPSA) is 26.3 Å². The third-order valence-electron chi connectivity index (χ3n) is 12.6. The summed E-state index contributed by atoms with van der Waals surface area (Å²) in [6, 6.07) is 0. The molecule has 0 aliphatic heterocycles. The number of ether oxygens (including phenoxy) is 1. The molecule has 0 N–H and O–H groups in total. The Morgan fingerprint density at radius 2 is 1.64 bits per heavy atom. The predicted molar refractivity (Wildman–Crippen MR) is 138 cm³/mol. The minimum absolute atomic E-state index is 0.177. The number of Topliss-reactive ketones (excluding diaryl/α,β-unsaturated/α-hetero) is 1. The smallest absolute Gasteiger partial charge is 0.136 e. The molecular formula is C31H52O2. The molecule has 8 unspecified atom stereocenters. The maximum absolute atomic E-state index is 12.7. The third kappa shape index (κ3) is 3.80. The zero-order chi connectivity index (χ0) is 24.5. The first kappa shape index (κ1) is 25.5. The van der Waals surface area contributed by atoms with Gasteiger partial charge in [0.25, 0.3) is 0 Å². The van der Waals surface area contributed by atoms with E-state index >= 15 is 0 Å². The van der Waals surface area contributed by atoms with Crippen LogP contribution in [-0.2, 0) is 9.53 Å². The molecule has 4 saturated carbocycles. The second-order valence-corrected chi connectivity index (χ2v) is 14.8. The summed E-state index contributed by atoms with van der Waals surface area (Å²) in [6.07, 6.45) is 17.1. The Labute approximate surface area is 204 Å². The summed E-state index contributed by atoms with van der Waals surface area (Å²) in [6.45, 7) is 19.5. The molecule has 0 heterocycles. The van der Waals surface area contributed by atoms with Gasteiger partial charge in [0, 0.05) is 19.4 Å². The van der Waals surface area contributed by atoms with Crippen LogP contribution in [0.2, 0.25) is 0 Å². The standard InChI is InChI=1S/C31H52O2/c1-22-23(32)11-12-24-29(22,6)16-13-25-30(24,7)19-18-28(5)21-27(4,17-20-31(25,28)8)15-10-14-26(2,3)33-9/h10,14,22,24-25H,11-13,15-21H2,1-9H3. The van der Waals surface area contributed by atoms with Crippen molar-refractivity contribution in [1.29, 1.82) is 0 Å². The highest BCUT2D eigenvalue weighted by atomic mass is 16.5. The van der Waals surface area contributed by atoms with Gasteiger partial charge in [-0.05, 0) is 111 Å². The zero-order valence-electron chi connectivity index (χ0n) is 23.3. The Balaban J connectivity index is 1.58. The fraction of sp³-hybridized carbons (Fsp3) is 0.903. The number of carbonyl (C=O) groups excluding carboxylic acids is 1. The van der Waals surface area contributed by atoms with E-state index in [-0.39, 0.29) is 16.9 Å². The molecule has 2 heteroatoms. The maximum Gasteiger partial charge on any atom is 0.136 e. The molecule has 0 aromatic heterocycles. The van der Waals surface area contributed by atoms with E-state index in [1.807, 2.05) is 0 Å². The fourth-order valence-corrected chi connectivity index (χ4v) is 9.88. The van der Waals surface area contributed by atoms with Crippen LogP contribution in [0.3, 0.4) is 0 Å². The van der Waals surface area contributed by atoms with Gasteiger partial charge in [0.15, 0.2) is 0 Å². The van der Waals surface area contributed by atoms with Crippen LogP contribution >= 0.6 is 0 Å². The molecule has 0 saturated heterocycles. The van der Waals surface area contributed by atoms with E-state index in [0.717, 1.165) is 25.2 Å². The van der Waals surface area contributed by atoms with Gasteiger partial charge in [-0.15, -0.1) is 0 Å². The Bertz CT molecular complexity index is 812. The molecule has 4 rings (SSSR count). The van der Waals surface area contributed by atoms with Gasteiger partial charge in [0.2, 0.25) is 0 Å². The lowest BCUT2D eigenvalue weighted by Gasteiger charge is -2.72. The first-order valence-electron chi connectivity index (χ1n) is 13.9. The van der Waals surface area contributed by atoms with Crippen molar-refractivity contribution in [1.82, 2.24) is 0 Å². The number of rotatable bonds is 4. The summed E-state index contributed by atoms with van der Waals surface area (Å²) in [5, 5.41) is 0. The minimum Gasteiger partial charge on any atom is -0.375 e. The van der Waals surface area contributed by atoms with Gasteiger partial charge >= 0.3 is 0 Å². The van der Waals surface area contributed by atoms with E-state index in [1.165, 1.54) is 44.9 Å². The average molecular weight is 457 g/mol. The molecule has 2 nitrogen and oxygen atoms in total. The van der Waals surface area contributed by atoms with Crippen LogP contribution in [0.1, 0.15) is 120 Å². The second-order valence-electron chi connectivity index (χ2n) is 14.8. The molecule has 8 atom stereocenters. The van der Waals surface area contributed by atoms with Gasteiger partial charge in [0.05, 0.1) is 5.60 Å².